The van der Waals surface area contributed by atoms with Crippen molar-refractivity contribution in [2.75, 3.05) is 49.7 Å². The molecule has 4 N–H and O–H groups in total. The number of anilines is 4. The molecule has 236 valence electrons. The summed E-state index contributed by atoms with van der Waals surface area (Å²) in [5.74, 6) is -0.657. The standard InChI is InChI=1S/C33H39FN8O2S/c1-21(2)27-20-36-42-30(27)40-33(45-26-14-16-35-17-15-26)29(34)31(42)38-24-7-5-8-25(19-24)39-32(44)22-10-12-23(13-11-22)37-28(43)9-6-18-41(3)4/h5-13,19-21,26,35,38H,14-18H2,1-4H3,(H,37,43)(H,39,44)/b9-6+. The second kappa shape index (κ2) is 14.7. The fraction of sp³-hybridized carbons (Fsp3) is 0.333. The monoisotopic (exact) mass is 630 g/mol. The van der Waals surface area contributed by atoms with Gasteiger partial charge in [0, 0.05) is 46.1 Å². The maximum atomic E-state index is 16.1. The smallest absolute Gasteiger partial charge is 0.255 e. The number of amides is 2. The Morgan fingerprint density at radius 2 is 1.82 bits per heavy atom. The summed E-state index contributed by atoms with van der Waals surface area (Å²) in [7, 11) is 3.84. The van der Waals surface area contributed by atoms with E-state index in [2.05, 4.69) is 40.2 Å². The van der Waals surface area contributed by atoms with Crippen LogP contribution in [0.4, 0.5) is 27.3 Å². The number of carbonyl (C=O) groups is 2. The lowest BCUT2D eigenvalue weighted by Crippen LogP contribution is -2.29. The fourth-order valence-electron chi connectivity index (χ4n) is 4.91. The van der Waals surface area contributed by atoms with Gasteiger partial charge in [0.05, 0.1) is 6.20 Å². The summed E-state index contributed by atoms with van der Waals surface area (Å²) in [5.41, 5.74) is 3.69. The van der Waals surface area contributed by atoms with Crippen molar-refractivity contribution in [2.24, 2.45) is 0 Å². The highest BCUT2D eigenvalue weighted by Crippen LogP contribution is 2.35. The van der Waals surface area contributed by atoms with E-state index < -0.39 is 5.82 Å². The van der Waals surface area contributed by atoms with Gasteiger partial charge < -0.3 is 26.2 Å². The molecule has 2 amide bonds. The van der Waals surface area contributed by atoms with E-state index in [1.807, 2.05) is 19.0 Å². The Labute approximate surface area is 266 Å². The average molecular weight is 631 g/mol. The number of aromatic nitrogens is 3. The Morgan fingerprint density at radius 3 is 2.53 bits per heavy atom. The van der Waals surface area contributed by atoms with Crippen LogP contribution in [0.2, 0.25) is 0 Å². The fourth-order valence-corrected chi connectivity index (χ4v) is 6.03. The van der Waals surface area contributed by atoms with Crippen LogP contribution < -0.4 is 21.3 Å². The van der Waals surface area contributed by atoms with Gasteiger partial charge in [-0.25, -0.2) is 4.98 Å². The second-order valence-electron chi connectivity index (χ2n) is 11.5. The number of hydrogen-bond donors (Lipinski definition) is 4. The van der Waals surface area contributed by atoms with Gasteiger partial charge in [-0.05, 0) is 88.4 Å². The van der Waals surface area contributed by atoms with Crippen molar-refractivity contribution in [3.8, 4) is 0 Å². The minimum Gasteiger partial charge on any atom is -0.338 e. The molecule has 1 fully saturated rings. The molecule has 0 saturated carbocycles. The van der Waals surface area contributed by atoms with E-state index in [1.54, 1.807) is 60.8 Å². The quantitative estimate of drug-likeness (QED) is 0.120. The van der Waals surface area contributed by atoms with E-state index in [-0.39, 0.29) is 28.8 Å². The number of rotatable bonds is 11. The van der Waals surface area contributed by atoms with E-state index in [1.165, 1.54) is 22.4 Å². The molecule has 3 heterocycles. The predicted octanol–water partition coefficient (Wildman–Crippen LogP) is 5.89. The van der Waals surface area contributed by atoms with Crippen LogP contribution in [-0.2, 0) is 4.79 Å². The highest BCUT2D eigenvalue weighted by molar-refractivity contribution is 7.99. The third kappa shape index (κ3) is 8.27. The Balaban J connectivity index is 1.31. The first-order valence-electron chi connectivity index (χ1n) is 15.0. The summed E-state index contributed by atoms with van der Waals surface area (Å²) >= 11 is 1.48. The van der Waals surface area contributed by atoms with E-state index in [4.69, 9.17) is 4.98 Å². The lowest BCUT2D eigenvalue weighted by atomic mass is 10.1. The van der Waals surface area contributed by atoms with Crippen LogP contribution >= 0.6 is 11.8 Å². The number of nitrogens with one attached hydrogen (secondary N) is 4. The zero-order valence-electron chi connectivity index (χ0n) is 25.9. The molecule has 0 unspecified atom stereocenters. The third-order valence-corrected chi connectivity index (χ3v) is 8.61. The number of thioether (sulfide) groups is 1. The molecule has 4 aromatic rings. The van der Waals surface area contributed by atoms with Crippen molar-refractivity contribution in [3.05, 3.63) is 83.8 Å². The highest BCUT2D eigenvalue weighted by Gasteiger charge is 2.24. The van der Waals surface area contributed by atoms with Crippen molar-refractivity contribution in [3.63, 3.8) is 0 Å². The van der Waals surface area contributed by atoms with Crippen LogP contribution in [0, 0.1) is 5.82 Å². The van der Waals surface area contributed by atoms with Gasteiger partial charge in [0.15, 0.2) is 17.3 Å². The number of benzene rings is 2. The highest BCUT2D eigenvalue weighted by atomic mass is 32.2. The summed E-state index contributed by atoms with van der Waals surface area (Å²) in [6.45, 7) is 6.60. The van der Waals surface area contributed by atoms with E-state index >= 15 is 4.39 Å². The van der Waals surface area contributed by atoms with Gasteiger partial charge in [0.1, 0.15) is 5.03 Å². The van der Waals surface area contributed by atoms with E-state index in [9.17, 15) is 9.59 Å². The Kier molecular flexibility index (Phi) is 10.5. The molecule has 0 radical (unpaired) electrons. The molecule has 1 saturated heterocycles. The van der Waals surface area contributed by atoms with Crippen molar-refractivity contribution >= 4 is 52.1 Å². The minimum atomic E-state index is -0.459. The molecule has 12 heteroatoms. The molecule has 2 aromatic carbocycles. The van der Waals surface area contributed by atoms with Gasteiger partial charge in [-0.2, -0.15) is 14.0 Å². The number of halogens is 1. The van der Waals surface area contributed by atoms with Gasteiger partial charge in [0.2, 0.25) is 5.91 Å². The summed E-state index contributed by atoms with van der Waals surface area (Å²) in [6, 6.07) is 13.7. The van der Waals surface area contributed by atoms with Gasteiger partial charge in [-0.1, -0.05) is 37.8 Å². The summed E-state index contributed by atoms with van der Waals surface area (Å²) in [5, 5.41) is 17.3. The normalized spacial score (nSPS) is 14.0. The molecular formula is C33H39FN8O2S. The summed E-state index contributed by atoms with van der Waals surface area (Å²) in [6.07, 6.45) is 6.89. The number of likely N-dealkylation sites (N-methyl/N-ethyl adjacent to an activating group) is 1. The molecule has 45 heavy (non-hydrogen) atoms. The third-order valence-electron chi connectivity index (χ3n) is 7.31. The number of fused-ring (bicyclic) bond motifs is 1. The minimum absolute atomic E-state index is 0.166. The summed E-state index contributed by atoms with van der Waals surface area (Å²) < 4.78 is 17.6. The number of piperidine rings is 1. The average Bonchev–Trinajstić information content (AvgIpc) is 3.44. The van der Waals surface area contributed by atoms with Crippen LogP contribution in [0.1, 0.15) is 48.5 Å². The molecule has 0 aliphatic carbocycles. The largest absolute Gasteiger partial charge is 0.338 e. The van der Waals surface area contributed by atoms with Crippen molar-refractivity contribution in [1.82, 2.24) is 24.8 Å². The van der Waals surface area contributed by atoms with Gasteiger partial charge >= 0.3 is 0 Å². The predicted molar refractivity (Wildman–Crippen MR) is 179 cm³/mol. The van der Waals surface area contributed by atoms with Crippen LogP contribution in [0.15, 0.2) is 71.9 Å². The van der Waals surface area contributed by atoms with Crippen LogP contribution in [-0.4, -0.2) is 70.3 Å². The topological polar surface area (TPSA) is 116 Å². The zero-order chi connectivity index (χ0) is 31.9. The summed E-state index contributed by atoms with van der Waals surface area (Å²) in [4.78, 5) is 31.8. The maximum absolute atomic E-state index is 16.1. The number of carbonyl (C=O) groups excluding carboxylic acids is 2. The van der Waals surface area contributed by atoms with Gasteiger partial charge in [-0.15, -0.1) is 0 Å². The zero-order valence-corrected chi connectivity index (χ0v) is 26.7. The Hall–Kier alpha value is -4.26. The first-order valence-corrected chi connectivity index (χ1v) is 15.9. The molecule has 0 atom stereocenters. The second-order valence-corrected chi connectivity index (χ2v) is 12.8. The molecule has 0 bridgehead atoms. The SMILES string of the molecule is CC(C)c1cnn2c(Nc3cccc(NC(=O)c4ccc(NC(=O)/C=C/CN(C)C)cc4)c3)c(F)c(SC3CCNCC3)nc12. The molecule has 1 aliphatic heterocycles. The van der Waals surface area contributed by atoms with E-state index in [0.717, 1.165) is 31.5 Å². The maximum Gasteiger partial charge on any atom is 0.255 e. The molecule has 0 spiro atoms. The Bertz CT molecular complexity index is 1680. The number of hydrogen-bond acceptors (Lipinski definition) is 8. The van der Waals surface area contributed by atoms with Gasteiger partial charge in [0.25, 0.3) is 5.91 Å². The van der Waals surface area contributed by atoms with Crippen molar-refractivity contribution < 1.29 is 14.0 Å². The lowest BCUT2D eigenvalue weighted by molar-refractivity contribution is -0.111. The van der Waals surface area contributed by atoms with Crippen LogP contribution in [0.25, 0.3) is 5.65 Å². The van der Waals surface area contributed by atoms with Crippen molar-refractivity contribution in [1.29, 1.82) is 0 Å². The molecule has 1 aliphatic rings. The molecular weight excluding hydrogens is 591 g/mol. The number of nitrogens with zero attached hydrogens (tertiary/aromatic N) is 4. The van der Waals surface area contributed by atoms with E-state index in [0.29, 0.717) is 39.8 Å². The van der Waals surface area contributed by atoms with Gasteiger partial charge in [-0.3, -0.25) is 9.59 Å². The van der Waals surface area contributed by atoms with Crippen LogP contribution in [0.5, 0.6) is 0 Å². The van der Waals surface area contributed by atoms with Crippen molar-refractivity contribution in [2.45, 2.75) is 42.9 Å². The first kappa shape index (κ1) is 32.1. The Morgan fingerprint density at radius 1 is 1.09 bits per heavy atom. The molecule has 10 nitrogen and oxygen atoms in total. The first-order chi connectivity index (χ1) is 21.7. The lowest BCUT2D eigenvalue weighted by Gasteiger charge is -2.22. The molecule has 5 rings (SSSR count). The molecule has 2 aromatic heterocycles. The van der Waals surface area contributed by atoms with Crippen LogP contribution in [0.3, 0.4) is 0 Å².